The molecule has 2 heterocycles. The maximum atomic E-state index is 11.9. The molecule has 112 valence electrons. The predicted molar refractivity (Wildman–Crippen MR) is 73.9 cm³/mol. The minimum atomic E-state index is -1.10. The second-order valence-corrected chi connectivity index (χ2v) is 4.79. The number of primary amides is 1. The van der Waals surface area contributed by atoms with Gasteiger partial charge in [-0.1, -0.05) is 0 Å². The smallest absolute Gasteiger partial charge is 0.305 e. The van der Waals surface area contributed by atoms with Crippen LogP contribution in [-0.4, -0.2) is 47.0 Å². The number of nitrogens with two attached hydrogens (primary N) is 1. The van der Waals surface area contributed by atoms with Crippen molar-refractivity contribution >= 4 is 23.6 Å². The maximum Gasteiger partial charge on any atom is 0.305 e. The molecule has 1 unspecified atom stereocenters. The van der Waals surface area contributed by atoms with Gasteiger partial charge < -0.3 is 21.1 Å². The van der Waals surface area contributed by atoms with Crippen LogP contribution in [0.4, 0.5) is 5.82 Å². The van der Waals surface area contributed by atoms with E-state index in [0.29, 0.717) is 18.8 Å². The summed E-state index contributed by atoms with van der Waals surface area (Å²) in [6, 6.07) is 2.26. The fraction of sp³-hybridized carbons (Fsp3) is 0.385. The molecule has 8 nitrogen and oxygen atoms in total. The number of carboxylic acid groups (broad SMARTS) is 1. The number of anilines is 1. The van der Waals surface area contributed by atoms with Crippen molar-refractivity contribution in [3.63, 3.8) is 0 Å². The number of aliphatic carboxylic acids is 1. The number of amides is 2. The van der Waals surface area contributed by atoms with Gasteiger partial charge in [0.15, 0.2) is 0 Å². The SMILES string of the molecule is Cc1ccc(C(N)=O)c(N2CCNC(=O)C2CC(=O)O)n1. The molecule has 0 aliphatic carbocycles. The molecule has 0 aromatic carbocycles. The third kappa shape index (κ3) is 3.10. The molecular formula is C13H16N4O4. The van der Waals surface area contributed by atoms with E-state index in [0.717, 1.165) is 0 Å². The Morgan fingerprint density at radius 2 is 2.24 bits per heavy atom. The molecular weight excluding hydrogens is 276 g/mol. The molecule has 0 spiro atoms. The van der Waals surface area contributed by atoms with Crippen molar-refractivity contribution in [1.82, 2.24) is 10.3 Å². The van der Waals surface area contributed by atoms with Gasteiger partial charge in [0, 0.05) is 18.8 Å². The number of carbonyl (C=O) groups excluding carboxylic acids is 2. The van der Waals surface area contributed by atoms with Crippen molar-refractivity contribution in [3.8, 4) is 0 Å². The molecule has 2 rings (SSSR count). The number of nitrogens with one attached hydrogen (secondary N) is 1. The van der Waals surface area contributed by atoms with Crippen LogP contribution in [0.1, 0.15) is 22.5 Å². The molecule has 2 amide bonds. The highest BCUT2D eigenvalue weighted by Gasteiger charge is 2.34. The molecule has 0 saturated carbocycles. The topological polar surface area (TPSA) is 126 Å². The van der Waals surface area contributed by atoms with Crippen molar-refractivity contribution in [2.45, 2.75) is 19.4 Å². The lowest BCUT2D eigenvalue weighted by molar-refractivity contribution is -0.139. The van der Waals surface area contributed by atoms with Crippen molar-refractivity contribution in [2.24, 2.45) is 5.73 Å². The van der Waals surface area contributed by atoms with Gasteiger partial charge in [-0.25, -0.2) is 4.98 Å². The first-order valence-electron chi connectivity index (χ1n) is 6.43. The molecule has 1 aromatic rings. The summed E-state index contributed by atoms with van der Waals surface area (Å²) in [4.78, 5) is 40.2. The van der Waals surface area contributed by atoms with Gasteiger partial charge in [0.05, 0.1) is 12.0 Å². The third-order valence-electron chi connectivity index (χ3n) is 3.25. The highest BCUT2D eigenvalue weighted by Crippen LogP contribution is 2.23. The van der Waals surface area contributed by atoms with Crippen LogP contribution in [0.5, 0.6) is 0 Å². The Labute approximate surface area is 120 Å². The molecule has 0 radical (unpaired) electrons. The number of carboxylic acids is 1. The monoisotopic (exact) mass is 292 g/mol. The zero-order chi connectivity index (χ0) is 15.6. The maximum absolute atomic E-state index is 11.9. The largest absolute Gasteiger partial charge is 0.481 e. The van der Waals surface area contributed by atoms with Crippen LogP contribution >= 0.6 is 0 Å². The number of carbonyl (C=O) groups is 3. The lowest BCUT2D eigenvalue weighted by Gasteiger charge is -2.36. The van der Waals surface area contributed by atoms with Gasteiger partial charge in [0.2, 0.25) is 5.91 Å². The number of aromatic nitrogens is 1. The average molecular weight is 292 g/mol. The van der Waals surface area contributed by atoms with E-state index in [9.17, 15) is 14.4 Å². The van der Waals surface area contributed by atoms with E-state index in [1.807, 2.05) is 0 Å². The van der Waals surface area contributed by atoms with E-state index >= 15 is 0 Å². The standard InChI is InChI=1S/C13H16N4O4/c1-7-2-3-8(11(14)20)12(16-7)17-5-4-15-13(21)9(17)6-10(18)19/h2-3,9H,4-6H2,1H3,(H2,14,20)(H,15,21)(H,18,19). The summed E-state index contributed by atoms with van der Waals surface area (Å²) in [6.45, 7) is 2.45. The molecule has 1 aliphatic heterocycles. The van der Waals surface area contributed by atoms with Crippen molar-refractivity contribution in [3.05, 3.63) is 23.4 Å². The molecule has 1 saturated heterocycles. The van der Waals surface area contributed by atoms with Crippen molar-refractivity contribution < 1.29 is 19.5 Å². The molecule has 4 N–H and O–H groups in total. The molecule has 1 aromatic heterocycles. The Kier molecular flexibility index (Phi) is 4.06. The number of aryl methyl sites for hydroxylation is 1. The fourth-order valence-electron chi connectivity index (χ4n) is 2.29. The van der Waals surface area contributed by atoms with Crippen LogP contribution in [-0.2, 0) is 9.59 Å². The van der Waals surface area contributed by atoms with Crippen LogP contribution in [0.25, 0.3) is 0 Å². The molecule has 1 aliphatic rings. The van der Waals surface area contributed by atoms with E-state index in [1.165, 1.54) is 11.0 Å². The normalized spacial score (nSPS) is 18.2. The van der Waals surface area contributed by atoms with Crippen LogP contribution in [0.15, 0.2) is 12.1 Å². The van der Waals surface area contributed by atoms with Crippen LogP contribution in [0.3, 0.4) is 0 Å². The van der Waals surface area contributed by atoms with E-state index in [2.05, 4.69) is 10.3 Å². The molecule has 0 bridgehead atoms. The van der Waals surface area contributed by atoms with Gasteiger partial charge in [-0.05, 0) is 19.1 Å². The Morgan fingerprint density at radius 1 is 1.52 bits per heavy atom. The highest BCUT2D eigenvalue weighted by molar-refractivity contribution is 5.99. The Morgan fingerprint density at radius 3 is 2.86 bits per heavy atom. The van der Waals surface area contributed by atoms with Gasteiger partial charge in [-0.2, -0.15) is 0 Å². The van der Waals surface area contributed by atoms with E-state index in [4.69, 9.17) is 10.8 Å². The minimum absolute atomic E-state index is 0.172. The quantitative estimate of drug-likeness (QED) is 0.671. The summed E-state index contributed by atoms with van der Waals surface area (Å²) in [5, 5.41) is 11.6. The third-order valence-corrected chi connectivity index (χ3v) is 3.25. The highest BCUT2D eigenvalue weighted by atomic mass is 16.4. The van der Waals surface area contributed by atoms with Gasteiger partial charge in [0.1, 0.15) is 11.9 Å². The second kappa shape index (κ2) is 5.78. The van der Waals surface area contributed by atoms with E-state index < -0.39 is 23.8 Å². The van der Waals surface area contributed by atoms with Gasteiger partial charge in [-0.3, -0.25) is 14.4 Å². The zero-order valence-corrected chi connectivity index (χ0v) is 11.5. The predicted octanol–water partition coefficient (Wildman–Crippen LogP) is -0.732. The number of piperazine rings is 1. The van der Waals surface area contributed by atoms with Gasteiger partial charge >= 0.3 is 5.97 Å². The number of pyridine rings is 1. The van der Waals surface area contributed by atoms with E-state index in [1.54, 1.807) is 13.0 Å². The van der Waals surface area contributed by atoms with Crippen LogP contribution in [0, 0.1) is 6.92 Å². The molecule has 1 fully saturated rings. The van der Waals surface area contributed by atoms with Crippen molar-refractivity contribution in [1.29, 1.82) is 0 Å². The van der Waals surface area contributed by atoms with Crippen molar-refractivity contribution in [2.75, 3.05) is 18.0 Å². The number of hydrogen-bond acceptors (Lipinski definition) is 5. The Bertz CT molecular complexity index is 602. The average Bonchev–Trinajstić information content (AvgIpc) is 2.40. The minimum Gasteiger partial charge on any atom is -0.481 e. The van der Waals surface area contributed by atoms with Gasteiger partial charge in [-0.15, -0.1) is 0 Å². The Hall–Kier alpha value is -2.64. The summed E-state index contributed by atoms with van der Waals surface area (Å²) in [6.07, 6.45) is -0.375. The molecule has 8 heteroatoms. The number of nitrogens with zero attached hydrogens (tertiary/aromatic N) is 2. The first-order valence-corrected chi connectivity index (χ1v) is 6.43. The summed E-state index contributed by atoms with van der Waals surface area (Å²) < 4.78 is 0. The van der Waals surface area contributed by atoms with Crippen LogP contribution in [0.2, 0.25) is 0 Å². The summed E-state index contributed by atoms with van der Waals surface area (Å²) in [7, 11) is 0. The lowest BCUT2D eigenvalue weighted by Crippen LogP contribution is -2.56. The first-order chi connectivity index (χ1) is 9.90. The first kappa shape index (κ1) is 14.8. The number of rotatable bonds is 4. The summed E-state index contributed by atoms with van der Waals surface area (Å²) in [5.41, 5.74) is 6.15. The van der Waals surface area contributed by atoms with E-state index in [-0.39, 0.29) is 17.8 Å². The summed E-state index contributed by atoms with van der Waals surface area (Å²) >= 11 is 0. The second-order valence-electron chi connectivity index (χ2n) is 4.79. The lowest BCUT2D eigenvalue weighted by atomic mass is 10.1. The molecule has 1 atom stereocenters. The Balaban J connectivity index is 2.46. The fourth-order valence-corrected chi connectivity index (χ4v) is 2.29. The number of hydrogen-bond donors (Lipinski definition) is 3. The van der Waals surface area contributed by atoms with Crippen LogP contribution < -0.4 is 16.0 Å². The molecule has 21 heavy (non-hydrogen) atoms. The van der Waals surface area contributed by atoms with Gasteiger partial charge in [0.25, 0.3) is 5.91 Å². The summed E-state index contributed by atoms with van der Waals surface area (Å²) in [5.74, 6) is -1.92. The zero-order valence-electron chi connectivity index (χ0n) is 11.5.